The molecule has 0 unspecified atom stereocenters. The van der Waals surface area contributed by atoms with Gasteiger partial charge >= 0.3 is 0 Å². The first-order valence-electron chi connectivity index (χ1n) is 7.55. The summed E-state index contributed by atoms with van der Waals surface area (Å²) in [7, 11) is 0. The highest BCUT2D eigenvalue weighted by atomic mass is 15.1. The maximum atomic E-state index is 4.37. The number of anilines is 1. The van der Waals surface area contributed by atoms with Gasteiger partial charge in [-0.25, -0.2) is 9.97 Å². The molecule has 4 heteroatoms. The number of benzene rings is 1. The molecule has 112 valence electrons. The van der Waals surface area contributed by atoms with Crippen molar-refractivity contribution < 1.29 is 0 Å². The Morgan fingerprint density at radius 2 is 1.62 bits per heavy atom. The summed E-state index contributed by atoms with van der Waals surface area (Å²) in [5.41, 5.74) is 3.39. The number of aromatic nitrogens is 2. The Morgan fingerprint density at radius 1 is 0.905 bits per heavy atom. The molecule has 0 saturated carbocycles. The average molecular weight is 284 g/mol. The van der Waals surface area contributed by atoms with Crippen LogP contribution in [0.3, 0.4) is 0 Å². The smallest absolute Gasteiger partial charge is 0.223 e. The summed E-state index contributed by atoms with van der Waals surface area (Å²) >= 11 is 0. The van der Waals surface area contributed by atoms with Crippen LogP contribution in [0.2, 0.25) is 0 Å². The summed E-state index contributed by atoms with van der Waals surface area (Å²) in [6.45, 7) is 6.89. The molecule has 2 N–H and O–H groups in total. The highest BCUT2D eigenvalue weighted by Crippen LogP contribution is 2.03. The average Bonchev–Trinajstić information content (AvgIpc) is 2.46. The van der Waals surface area contributed by atoms with Gasteiger partial charge in [0.25, 0.3) is 0 Å². The maximum absolute atomic E-state index is 4.37. The number of nitrogens with zero attached hydrogens (tertiary/aromatic N) is 2. The molecule has 1 aromatic heterocycles. The third-order valence-corrected chi connectivity index (χ3v) is 3.23. The van der Waals surface area contributed by atoms with Crippen molar-refractivity contribution in [3.8, 4) is 0 Å². The molecule has 0 aliphatic rings. The lowest BCUT2D eigenvalue weighted by molar-refractivity contribution is 0.659. The molecule has 0 aliphatic carbocycles. The second kappa shape index (κ2) is 8.37. The summed E-state index contributed by atoms with van der Waals surface area (Å²) in [6, 6.07) is 12.5. The number of nitrogens with one attached hydrogen (secondary N) is 2. The van der Waals surface area contributed by atoms with E-state index in [-0.39, 0.29) is 0 Å². The third kappa shape index (κ3) is 5.92. The zero-order chi connectivity index (χ0) is 14.9. The van der Waals surface area contributed by atoms with Gasteiger partial charge in [0.1, 0.15) is 0 Å². The Balaban J connectivity index is 1.56. The summed E-state index contributed by atoms with van der Waals surface area (Å²) in [5, 5.41) is 6.73. The van der Waals surface area contributed by atoms with E-state index in [9.17, 15) is 0 Å². The number of aryl methyl sites for hydroxylation is 2. The third-order valence-electron chi connectivity index (χ3n) is 3.23. The molecular weight excluding hydrogens is 260 g/mol. The molecule has 0 radical (unpaired) electrons. The van der Waals surface area contributed by atoms with E-state index in [0.29, 0.717) is 0 Å². The quantitative estimate of drug-likeness (QED) is 0.732. The molecule has 1 heterocycles. The van der Waals surface area contributed by atoms with Crippen molar-refractivity contribution in [3.05, 3.63) is 53.3 Å². The van der Waals surface area contributed by atoms with E-state index in [1.807, 2.05) is 19.9 Å². The molecule has 0 spiro atoms. The fourth-order valence-electron chi connectivity index (χ4n) is 2.22. The van der Waals surface area contributed by atoms with E-state index in [2.05, 4.69) is 50.9 Å². The Morgan fingerprint density at radius 3 is 2.33 bits per heavy atom. The standard InChI is InChI=1S/C17H24N4/c1-14-13-15(2)21-17(20-14)19-11-6-10-18-12-9-16-7-4-3-5-8-16/h3-5,7-8,13,18H,6,9-12H2,1-2H3,(H,19,20,21). The topological polar surface area (TPSA) is 49.8 Å². The van der Waals surface area contributed by atoms with Gasteiger partial charge in [-0.15, -0.1) is 0 Å². The maximum Gasteiger partial charge on any atom is 0.223 e. The van der Waals surface area contributed by atoms with Gasteiger partial charge in [-0.2, -0.15) is 0 Å². The zero-order valence-corrected chi connectivity index (χ0v) is 12.9. The van der Waals surface area contributed by atoms with Gasteiger partial charge in [-0.1, -0.05) is 30.3 Å². The SMILES string of the molecule is Cc1cc(C)nc(NCCCNCCc2ccccc2)n1. The minimum atomic E-state index is 0.733. The predicted octanol–water partition coefficient (Wildman–Crippen LogP) is 2.73. The first-order chi connectivity index (χ1) is 10.2. The van der Waals surface area contributed by atoms with E-state index in [1.165, 1.54) is 5.56 Å². The van der Waals surface area contributed by atoms with Gasteiger partial charge in [-0.05, 0) is 51.4 Å². The summed E-state index contributed by atoms with van der Waals surface area (Å²) in [4.78, 5) is 8.73. The van der Waals surface area contributed by atoms with E-state index >= 15 is 0 Å². The summed E-state index contributed by atoms with van der Waals surface area (Å²) < 4.78 is 0. The summed E-state index contributed by atoms with van der Waals surface area (Å²) in [5.74, 6) is 0.733. The van der Waals surface area contributed by atoms with Crippen molar-refractivity contribution in [2.75, 3.05) is 25.0 Å². The van der Waals surface area contributed by atoms with E-state index in [0.717, 1.165) is 49.8 Å². The van der Waals surface area contributed by atoms with Crippen LogP contribution < -0.4 is 10.6 Å². The van der Waals surface area contributed by atoms with Crippen LogP contribution in [0.4, 0.5) is 5.95 Å². The predicted molar refractivity (Wildman–Crippen MR) is 87.6 cm³/mol. The fourth-order valence-corrected chi connectivity index (χ4v) is 2.22. The van der Waals surface area contributed by atoms with Crippen LogP contribution in [0, 0.1) is 13.8 Å². The van der Waals surface area contributed by atoms with Crippen molar-refractivity contribution in [2.45, 2.75) is 26.7 Å². The van der Waals surface area contributed by atoms with Crippen LogP contribution in [0.5, 0.6) is 0 Å². The second-order valence-corrected chi connectivity index (χ2v) is 5.24. The monoisotopic (exact) mass is 284 g/mol. The highest BCUT2D eigenvalue weighted by molar-refractivity contribution is 5.27. The second-order valence-electron chi connectivity index (χ2n) is 5.24. The first kappa shape index (κ1) is 15.4. The molecule has 0 fully saturated rings. The first-order valence-corrected chi connectivity index (χ1v) is 7.55. The summed E-state index contributed by atoms with van der Waals surface area (Å²) in [6.07, 6.45) is 2.14. The van der Waals surface area contributed by atoms with Gasteiger partial charge in [-0.3, -0.25) is 0 Å². The van der Waals surface area contributed by atoms with Gasteiger partial charge in [0.2, 0.25) is 5.95 Å². The molecular formula is C17H24N4. The van der Waals surface area contributed by atoms with E-state index in [1.54, 1.807) is 0 Å². The normalized spacial score (nSPS) is 10.6. The van der Waals surface area contributed by atoms with Crippen LogP contribution in [0.15, 0.2) is 36.4 Å². The van der Waals surface area contributed by atoms with Crippen molar-refractivity contribution in [3.63, 3.8) is 0 Å². The molecule has 1 aromatic carbocycles. The number of rotatable bonds is 8. The van der Waals surface area contributed by atoms with Crippen LogP contribution >= 0.6 is 0 Å². The lowest BCUT2D eigenvalue weighted by Gasteiger charge is -2.07. The highest BCUT2D eigenvalue weighted by Gasteiger charge is 1.98. The molecule has 2 rings (SSSR count). The van der Waals surface area contributed by atoms with Crippen molar-refractivity contribution in [1.29, 1.82) is 0 Å². The van der Waals surface area contributed by atoms with Crippen molar-refractivity contribution in [2.24, 2.45) is 0 Å². The molecule has 0 amide bonds. The Hall–Kier alpha value is -1.94. The van der Waals surface area contributed by atoms with Crippen LogP contribution in [0.25, 0.3) is 0 Å². The zero-order valence-electron chi connectivity index (χ0n) is 12.9. The van der Waals surface area contributed by atoms with Crippen LogP contribution in [-0.2, 0) is 6.42 Å². The van der Waals surface area contributed by atoms with Crippen LogP contribution in [-0.4, -0.2) is 29.6 Å². The molecule has 4 nitrogen and oxygen atoms in total. The van der Waals surface area contributed by atoms with E-state index < -0.39 is 0 Å². The Labute approximate surface area is 127 Å². The molecule has 0 aliphatic heterocycles. The molecule has 0 saturated heterocycles. The van der Waals surface area contributed by atoms with Gasteiger partial charge in [0.15, 0.2) is 0 Å². The van der Waals surface area contributed by atoms with Gasteiger partial charge in [0.05, 0.1) is 0 Å². The van der Waals surface area contributed by atoms with Gasteiger partial charge < -0.3 is 10.6 Å². The Bertz CT molecular complexity index is 519. The Kier molecular flexibility index (Phi) is 6.16. The minimum Gasteiger partial charge on any atom is -0.354 e. The number of hydrogen-bond donors (Lipinski definition) is 2. The van der Waals surface area contributed by atoms with Crippen LogP contribution in [0.1, 0.15) is 23.4 Å². The lowest BCUT2D eigenvalue weighted by atomic mass is 10.1. The number of hydrogen-bond acceptors (Lipinski definition) is 4. The minimum absolute atomic E-state index is 0.733. The van der Waals surface area contributed by atoms with Crippen molar-refractivity contribution in [1.82, 2.24) is 15.3 Å². The van der Waals surface area contributed by atoms with E-state index in [4.69, 9.17) is 0 Å². The molecule has 0 bridgehead atoms. The molecule has 21 heavy (non-hydrogen) atoms. The van der Waals surface area contributed by atoms with Gasteiger partial charge in [0, 0.05) is 17.9 Å². The van der Waals surface area contributed by atoms with Crippen molar-refractivity contribution >= 4 is 5.95 Å². The lowest BCUT2D eigenvalue weighted by Crippen LogP contribution is -2.21. The largest absolute Gasteiger partial charge is 0.354 e. The molecule has 2 aromatic rings. The fraction of sp³-hybridized carbons (Fsp3) is 0.412. The molecule has 0 atom stereocenters.